The molecule has 2 amide bonds. The number of carboxylic acids is 1. The van der Waals surface area contributed by atoms with Crippen molar-refractivity contribution in [1.82, 2.24) is 15.8 Å². The third kappa shape index (κ3) is 3.95. The van der Waals surface area contributed by atoms with Crippen LogP contribution in [0.25, 0.3) is 0 Å². The van der Waals surface area contributed by atoms with Crippen molar-refractivity contribution >= 4 is 12.0 Å². The maximum atomic E-state index is 11.5. The average Bonchev–Trinajstić information content (AvgIpc) is 2.62. The molecule has 0 aliphatic heterocycles. The molecule has 0 aliphatic rings. The van der Waals surface area contributed by atoms with Crippen LogP contribution in [0, 0.1) is 13.8 Å². The van der Waals surface area contributed by atoms with E-state index in [1.54, 1.807) is 13.8 Å². The first-order valence-corrected chi connectivity index (χ1v) is 5.70. The molecule has 8 heteroatoms. The first-order chi connectivity index (χ1) is 8.82. The number of urea groups is 1. The second-order valence-corrected chi connectivity index (χ2v) is 4.19. The number of aliphatic hydroxyl groups is 1. The number of carboxylic acid groups (broad SMARTS) is 1. The van der Waals surface area contributed by atoms with Gasteiger partial charge < -0.3 is 25.4 Å². The van der Waals surface area contributed by atoms with Crippen LogP contribution >= 0.6 is 0 Å². The minimum atomic E-state index is -1.36. The van der Waals surface area contributed by atoms with Gasteiger partial charge in [-0.2, -0.15) is 0 Å². The van der Waals surface area contributed by atoms with E-state index in [2.05, 4.69) is 15.8 Å². The molecule has 19 heavy (non-hydrogen) atoms. The highest BCUT2D eigenvalue weighted by Gasteiger charge is 2.24. The van der Waals surface area contributed by atoms with Crippen LogP contribution in [-0.2, 0) is 11.3 Å². The van der Waals surface area contributed by atoms with Gasteiger partial charge in [0.05, 0.1) is 11.8 Å². The molecule has 0 spiro atoms. The van der Waals surface area contributed by atoms with Gasteiger partial charge in [0.2, 0.25) is 0 Å². The van der Waals surface area contributed by atoms with Crippen LogP contribution in [0.5, 0.6) is 0 Å². The zero-order chi connectivity index (χ0) is 14.6. The number of hydrogen-bond donors (Lipinski definition) is 4. The van der Waals surface area contributed by atoms with Crippen molar-refractivity contribution in [2.24, 2.45) is 0 Å². The summed E-state index contributed by atoms with van der Waals surface area (Å²) in [4.78, 5) is 22.3. The molecule has 0 saturated carbocycles. The van der Waals surface area contributed by atoms with Crippen LogP contribution in [0.2, 0.25) is 0 Å². The SMILES string of the molecule is Cc1noc(C)c1CNC(=O)NC(C(=O)O)C(C)O. The van der Waals surface area contributed by atoms with Crippen LogP contribution in [0.15, 0.2) is 4.52 Å². The summed E-state index contributed by atoms with van der Waals surface area (Å²) < 4.78 is 4.93. The molecule has 1 aromatic rings. The molecule has 0 aliphatic carbocycles. The lowest BCUT2D eigenvalue weighted by Gasteiger charge is -2.17. The van der Waals surface area contributed by atoms with Crippen molar-refractivity contribution in [3.05, 3.63) is 17.0 Å². The fourth-order valence-corrected chi connectivity index (χ4v) is 1.50. The molecule has 1 rings (SSSR count). The van der Waals surface area contributed by atoms with Gasteiger partial charge >= 0.3 is 12.0 Å². The minimum Gasteiger partial charge on any atom is -0.480 e. The highest BCUT2D eigenvalue weighted by atomic mass is 16.5. The number of aliphatic carboxylic acids is 1. The normalized spacial score (nSPS) is 13.7. The van der Waals surface area contributed by atoms with E-state index < -0.39 is 24.1 Å². The predicted molar refractivity (Wildman–Crippen MR) is 64.5 cm³/mol. The van der Waals surface area contributed by atoms with Crippen LogP contribution in [0.4, 0.5) is 4.79 Å². The molecule has 8 nitrogen and oxygen atoms in total. The molecule has 106 valence electrons. The van der Waals surface area contributed by atoms with Crippen molar-refractivity contribution in [1.29, 1.82) is 0 Å². The van der Waals surface area contributed by atoms with E-state index in [1.807, 2.05) is 0 Å². The number of amides is 2. The Kier molecular flexibility index (Phi) is 4.87. The molecule has 2 atom stereocenters. The molecule has 0 bridgehead atoms. The van der Waals surface area contributed by atoms with Gasteiger partial charge in [0.1, 0.15) is 5.76 Å². The summed E-state index contributed by atoms with van der Waals surface area (Å²) in [6, 6.07) is -2.04. The van der Waals surface area contributed by atoms with Gasteiger partial charge in [-0.3, -0.25) is 0 Å². The first kappa shape index (κ1) is 15.0. The zero-order valence-corrected chi connectivity index (χ0v) is 10.9. The van der Waals surface area contributed by atoms with E-state index in [0.717, 1.165) is 5.56 Å². The van der Waals surface area contributed by atoms with E-state index in [0.29, 0.717) is 11.5 Å². The molecule has 1 heterocycles. The van der Waals surface area contributed by atoms with Gasteiger partial charge in [-0.1, -0.05) is 5.16 Å². The smallest absolute Gasteiger partial charge is 0.328 e. The number of aliphatic hydroxyl groups excluding tert-OH is 1. The fourth-order valence-electron chi connectivity index (χ4n) is 1.50. The largest absolute Gasteiger partial charge is 0.480 e. The van der Waals surface area contributed by atoms with Crippen molar-refractivity contribution in [2.45, 2.75) is 39.5 Å². The number of carbonyl (C=O) groups is 2. The Labute approximate surface area is 109 Å². The standard InChI is InChI=1S/C11H17N3O5/c1-5-8(7(3)19-14-5)4-12-11(18)13-9(6(2)15)10(16)17/h6,9,15H,4H2,1-3H3,(H,16,17)(H2,12,13,18). The highest BCUT2D eigenvalue weighted by Crippen LogP contribution is 2.11. The number of nitrogens with zero attached hydrogens (tertiary/aromatic N) is 1. The predicted octanol–water partition coefficient (Wildman–Crippen LogP) is -0.0754. The average molecular weight is 271 g/mol. The van der Waals surface area contributed by atoms with E-state index in [1.165, 1.54) is 6.92 Å². The fraction of sp³-hybridized carbons (Fsp3) is 0.545. The van der Waals surface area contributed by atoms with Crippen molar-refractivity contribution in [3.8, 4) is 0 Å². The molecular weight excluding hydrogens is 254 g/mol. The van der Waals surface area contributed by atoms with Crippen LogP contribution in [-0.4, -0.2) is 39.5 Å². The molecule has 2 unspecified atom stereocenters. The summed E-state index contributed by atoms with van der Waals surface area (Å²) in [6.07, 6.45) is -1.19. The molecule has 0 fully saturated rings. The van der Waals surface area contributed by atoms with E-state index in [9.17, 15) is 14.7 Å². The lowest BCUT2D eigenvalue weighted by Crippen LogP contribution is -2.51. The van der Waals surface area contributed by atoms with Gasteiger partial charge in [-0.15, -0.1) is 0 Å². The third-order valence-electron chi connectivity index (χ3n) is 2.64. The number of aromatic nitrogens is 1. The summed E-state index contributed by atoms with van der Waals surface area (Å²) in [5.74, 6) is -0.717. The monoisotopic (exact) mass is 271 g/mol. The molecular formula is C11H17N3O5. The quantitative estimate of drug-likeness (QED) is 0.594. The molecule has 1 aromatic heterocycles. The number of hydrogen-bond acceptors (Lipinski definition) is 5. The molecule has 0 radical (unpaired) electrons. The van der Waals surface area contributed by atoms with Crippen molar-refractivity contribution in [2.75, 3.05) is 0 Å². The number of carbonyl (C=O) groups excluding carboxylic acids is 1. The highest BCUT2D eigenvalue weighted by molar-refractivity contribution is 5.82. The zero-order valence-electron chi connectivity index (χ0n) is 10.9. The lowest BCUT2D eigenvalue weighted by atomic mass is 10.2. The molecule has 4 N–H and O–H groups in total. The molecule has 0 saturated heterocycles. The first-order valence-electron chi connectivity index (χ1n) is 5.70. The summed E-state index contributed by atoms with van der Waals surface area (Å²) in [7, 11) is 0. The van der Waals surface area contributed by atoms with E-state index >= 15 is 0 Å². The lowest BCUT2D eigenvalue weighted by molar-refractivity contribution is -0.141. The van der Waals surface area contributed by atoms with Gasteiger partial charge in [-0.25, -0.2) is 9.59 Å². The number of nitrogens with one attached hydrogen (secondary N) is 2. The summed E-state index contributed by atoms with van der Waals surface area (Å²) >= 11 is 0. The Balaban J connectivity index is 2.54. The number of rotatable bonds is 5. The second-order valence-electron chi connectivity index (χ2n) is 4.19. The minimum absolute atomic E-state index is 0.166. The van der Waals surface area contributed by atoms with E-state index in [4.69, 9.17) is 9.63 Å². The van der Waals surface area contributed by atoms with Gasteiger partial charge in [0, 0.05) is 12.1 Å². The van der Waals surface area contributed by atoms with E-state index in [-0.39, 0.29) is 6.54 Å². The second kappa shape index (κ2) is 6.19. The maximum Gasteiger partial charge on any atom is 0.328 e. The summed E-state index contributed by atoms with van der Waals surface area (Å²) in [5.41, 5.74) is 1.39. The number of aryl methyl sites for hydroxylation is 2. The third-order valence-corrected chi connectivity index (χ3v) is 2.64. The van der Waals surface area contributed by atoms with Gasteiger partial charge in [0.25, 0.3) is 0 Å². The van der Waals surface area contributed by atoms with Gasteiger partial charge in [-0.05, 0) is 20.8 Å². The summed E-state index contributed by atoms with van der Waals surface area (Å²) in [5, 5.41) is 26.4. The van der Waals surface area contributed by atoms with Crippen LogP contribution in [0.1, 0.15) is 23.9 Å². The Morgan fingerprint density at radius 3 is 2.47 bits per heavy atom. The Hall–Kier alpha value is -2.09. The Morgan fingerprint density at radius 1 is 1.42 bits per heavy atom. The Bertz CT molecular complexity index is 449. The van der Waals surface area contributed by atoms with Gasteiger partial charge in [0.15, 0.2) is 6.04 Å². The van der Waals surface area contributed by atoms with Crippen molar-refractivity contribution in [3.63, 3.8) is 0 Å². The molecule has 0 aromatic carbocycles. The van der Waals surface area contributed by atoms with Crippen LogP contribution < -0.4 is 10.6 Å². The maximum absolute atomic E-state index is 11.5. The Morgan fingerprint density at radius 2 is 2.05 bits per heavy atom. The van der Waals surface area contributed by atoms with Crippen LogP contribution in [0.3, 0.4) is 0 Å². The van der Waals surface area contributed by atoms with Crippen molar-refractivity contribution < 1.29 is 24.3 Å². The topological polar surface area (TPSA) is 125 Å². The summed E-state index contributed by atoms with van der Waals surface area (Å²) in [6.45, 7) is 4.90.